The molecule has 0 atom stereocenters. The van der Waals surface area contributed by atoms with Crippen molar-refractivity contribution in [2.45, 2.75) is 12.8 Å². The molecule has 5 nitrogen and oxygen atoms in total. The van der Waals surface area contributed by atoms with Gasteiger partial charge in [-0.1, -0.05) is 12.1 Å². The van der Waals surface area contributed by atoms with Gasteiger partial charge in [0.1, 0.15) is 29.6 Å². The highest BCUT2D eigenvalue weighted by molar-refractivity contribution is 5.92. The number of nitrogens with two attached hydrogens (primary N) is 1. The van der Waals surface area contributed by atoms with E-state index < -0.39 is 23.6 Å². The molecule has 2 N–H and O–H groups in total. The molecule has 3 rings (SSSR count). The van der Waals surface area contributed by atoms with Crippen LogP contribution in [-0.4, -0.2) is 15.9 Å². The normalized spacial score (nSPS) is 11.3. The summed E-state index contributed by atoms with van der Waals surface area (Å²) in [6.45, 7) is -0.0637. The monoisotopic (exact) mass is 391 g/mol. The molecule has 2 heterocycles. The second-order valence-corrected chi connectivity index (χ2v) is 5.76. The van der Waals surface area contributed by atoms with Gasteiger partial charge in [-0.05, 0) is 41.5 Å². The molecule has 0 spiro atoms. The maximum atomic E-state index is 13.2. The largest absolute Gasteiger partial charge is 0.487 e. The topological polar surface area (TPSA) is 78.1 Å². The van der Waals surface area contributed by atoms with Gasteiger partial charge in [-0.2, -0.15) is 13.2 Å². The molecule has 0 radical (unpaired) electrons. The predicted octanol–water partition coefficient (Wildman–Crippen LogP) is 3.98. The van der Waals surface area contributed by atoms with Gasteiger partial charge in [0, 0.05) is 11.8 Å². The van der Waals surface area contributed by atoms with E-state index in [1.54, 1.807) is 0 Å². The minimum Gasteiger partial charge on any atom is -0.487 e. The fourth-order valence-electron chi connectivity index (χ4n) is 2.43. The number of hydrogen-bond acceptors (Lipinski definition) is 4. The summed E-state index contributed by atoms with van der Waals surface area (Å²) in [5, 5.41) is 0. The van der Waals surface area contributed by atoms with Crippen molar-refractivity contribution in [3.8, 4) is 16.9 Å². The third-order valence-corrected chi connectivity index (χ3v) is 3.82. The molecule has 0 aliphatic carbocycles. The van der Waals surface area contributed by atoms with Gasteiger partial charge in [-0.3, -0.25) is 9.78 Å². The molecular weight excluding hydrogens is 378 g/mol. The summed E-state index contributed by atoms with van der Waals surface area (Å²) < 4.78 is 56.4. The maximum Gasteiger partial charge on any atom is 0.433 e. The first-order valence-electron chi connectivity index (χ1n) is 7.95. The van der Waals surface area contributed by atoms with E-state index in [2.05, 4.69) is 9.97 Å². The van der Waals surface area contributed by atoms with Gasteiger partial charge >= 0.3 is 6.18 Å². The smallest absolute Gasteiger partial charge is 0.433 e. The number of halogens is 4. The Morgan fingerprint density at radius 1 is 1.04 bits per heavy atom. The Kier molecular flexibility index (Phi) is 5.25. The first kappa shape index (κ1) is 19.3. The molecule has 9 heteroatoms. The molecular formula is C19H13F4N3O2. The average molecular weight is 391 g/mol. The molecule has 0 unspecified atom stereocenters. The van der Waals surface area contributed by atoms with E-state index in [-0.39, 0.29) is 18.1 Å². The van der Waals surface area contributed by atoms with Crippen molar-refractivity contribution in [3.05, 3.63) is 77.6 Å². The number of pyridine rings is 2. The number of alkyl halides is 3. The van der Waals surface area contributed by atoms with Crippen molar-refractivity contribution < 1.29 is 27.1 Å². The van der Waals surface area contributed by atoms with Crippen molar-refractivity contribution in [1.82, 2.24) is 9.97 Å². The van der Waals surface area contributed by atoms with Crippen molar-refractivity contribution in [2.24, 2.45) is 5.73 Å². The highest BCUT2D eigenvalue weighted by Crippen LogP contribution is 2.29. The van der Waals surface area contributed by atoms with Gasteiger partial charge in [-0.15, -0.1) is 0 Å². The number of nitrogens with zero attached hydrogens (tertiary/aromatic N) is 2. The maximum absolute atomic E-state index is 13.2. The zero-order chi connectivity index (χ0) is 20.3. The first-order valence-corrected chi connectivity index (χ1v) is 7.95. The minimum atomic E-state index is -4.54. The van der Waals surface area contributed by atoms with Crippen LogP contribution in [0.2, 0.25) is 0 Å². The lowest BCUT2D eigenvalue weighted by Gasteiger charge is -2.13. The second kappa shape index (κ2) is 7.63. The number of aromatic nitrogens is 2. The lowest BCUT2D eigenvalue weighted by Crippen LogP contribution is -2.14. The van der Waals surface area contributed by atoms with E-state index in [4.69, 9.17) is 10.5 Å². The summed E-state index contributed by atoms with van der Waals surface area (Å²) in [6, 6.07) is 8.94. The summed E-state index contributed by atoms with van der Waals surface area (Å²) in [4.78, 5) is 18.7. The summed E-state index contributed by atoms with van der Waals surface area (Å²) in [5.74, 6) is -1.04. The molecule has 1 aromatic carbocycles. The van der Waals surface area contributed by atoms with Gasteiger partial charge in [0.05, 0.1) is 6.20 Å². The van der Waals surface area contributed by atoms with E-state index in [0.717, 1.165) is 18.3 Å². The van der Waals surface area contributed by atoms with E-state index in [1.165, 1.54) is 36.5 Å². The number of carbonyl (C=O) groups is 1. The second-order valence-electron chi connectivity index (χ2n) is 5.76. The molecule has 3 aromatic rings. The van der Waals surface area contributed by atoms with Crippen molar-refractivity contribution >= 4 is 5.91 Å². The Hall–Kier alpha value is -3.49. The summed E-state index contributed by atoms with van der Waals surface area (Å²) >= 11 is 0. The lowest BCUT2D eigenvalue weighted by molar-refractivity contribution is -0.141. The van der Waals surface area contributed by atoms with E-state index >= 15 is 0 Å². The predicted molar refractivity (Wildman–Crippen MR) is 91.7 cm³/mol. The fourth-order valence-corrected chi connectivity index (χ4v) is 2.43. The van der Waals surface area contributed by atoms with Gasteiger partial charge in [0.2, 0.25) is 0 Å². The fraction of sp³-hybridized carbons (Fsp3) is 0.105. The van der Waals surface area contributed by atoms with Crippen LogP contribution in [0.3, 0.4) is 0 Å². The molecule has 0 aliphatic rings. The van der Waals surface area contributed by atoms with Crippen LogP contribution in [0.25, 0.3) is 11.1 Å². The van der Waals surface area contributed by atoms with Crippen LogP contribution >= 0.6 is 0 Å². The molecule has 1 amide bonds. The summed E-state index contributed by atoms with van der Waals surface area (Å²) in [6.07, 6.45) is -2.20. The molecule has 0 saturated carbocycles. The van der Waals surface area contributed by atoms with E-state index in [1.807, 2.05) is 0 Å². The molecule has 0 aliphatic heterocycles. The SMILES string of the molecule is NC(=O)c1cc(-c2ccc(F)cc2)c(COc2ccc(C(F)(F)F)nc2)cn1. The average Bonchev–Trinajstić information content (AvgIpc) is 2.66. The number of amides is 1. The van der Waals surface area contributed by atoms with Crippen LogP contribution in [0.5, 0.6) is 5.75 Å². The molecule has 0 saturated heterocycles. The third kappa shape index (κ3) is 4.43. The number of ether oxygens (including phenoxy) is 1. The number of hydrogen-bond donors (Lipinski definition) is 1. The molecule has 0 bridgehead atoms. The van der Waals surface area contributed by atoms with Gasteiger partial charge in [0.15, 0.2) is 0 Å². The first-order chi connectivity index (χ1) is 13.2. The number of benzene rings is 1. The van der Waals surface area contributed by atoms with Crippen molar-refractivity contribution in [1.29, 1.82) is 0 Å². The Labute approximate surface area is 156 Å². The Morgan fingerprint density at radius 2 is 1.75 bits per heavy atom. The van der Waals surface area contributed by atoms with Crippen LogP contribution in [0.15, 0.2) is 54.9 Å². The molecule has 28 heavy (non-hydrogen) atoms. The van der Waals surface area contributed by atoms with Crippen molar-refractivity contribution in [3.63, 3.8) is 0 Å². The van der Waals surface area contributed by atoms with E-state index in [0.29, 0.717) is 16.7 Å². The summed E-state index contributed by atoms with van der Waals surface area (Å²) in [5.41, 5.74) is 5.89. The zero-order valence-electron chi connectivity index (χ0n) is 14.2. The molecule has 0 fully saturated rings. The van der Waals surface area contributed by atoms with Crippen LogP contribution in [0.1, 0.15) is 21.7 Å². The van der Waals surface area contributed by atoms with Crippen LogP contribution in [0, 0.1) is 5.82 Å². The highest BCUT2D eigenvalue weighted by Gasteiger charge is 2.32. The van der Waals surface area contributed by atoms with Crippen LogP contribution in [-0.2, 0) is 12.8 Å². The molecule has 144 valence electrons. The summed E-state index contributed by atoms with van der Waals surface area (Å²) in [7, 11) is 0. The molecule has 2 aromatic heterocycles. The number of rotatable bonds is 5. The quantitative estimate of drug-likeness (QED) is 0.668. The van der Waals surface area contributed by atoms with Gasteiger partial charge in [-0.25, -0.2) is 9.37 Å². The Balaban J connectivity index is 1.87. The Morgan fingerprint density at radius 3 is 2.32 bits per heavy atom. The number of carbonyl (C=O) groups excluding carboxylic acids is 1. The lowest BCUT2D eigenvalue weighted by atomic mass is 10.0. The third-order valence-electron chi connectivity index (χ3n) is 3.82. The van der Waals surface area contributed by atoms with Gasteiger partial charge < -0.3 is 10.5 Å². The highest BCUT2D eigenvalue weighted by atomic mass is 19.4. The van der Waals surface area contributed by atoms with Crippen molar-refractivity contribution in [2.75, 3.05) is 0 Å². The van der Waals surface area contributed by atoms with Crippen LogP contribution < -0.4 is 10.5 Å². The minimum absolute atomic E-state index is 0.0132. The van der Waals surface area contributed by atoms with E-state index in [9.17, 15) is 22.4 Å². The standard InChI is InChI=1S/C19H13F4N3O2/c20-13-3-1-11(2-4-13)15-7-16(18(24)27)25-8-12(15)10-28-14-5-6-17(26-9-14)19(21,22)23/h1-9H,10H2,(H2,24,27). The zero-order valence-corrected chi connectivity index (χ0v) is 14.2. The number of primary amides is 1. The van der Waals surface area contributed by atoms with Crippen LogP contribution in [0.4, 0.5) is 17.6 Å². The Bertz CT molecular complexity index is 988. The van der Waals surface area contributed by atoms with Gasteiger partial charge in [0.25, 0.3) is 5.91 Å².